The number of benzene rings is 1. The van der Waals surface area contributed by atoms with Gasteiger partial charge in [-0.2, -0.15) is 4.31 Å². The highest BCUT2D eigenvalue weighted by Crippen LogP contribution is 2.64. The van der Waals surface area contributed by atoms with E-state index in [1.165, 1.54) is 4.31 Å². The number of halogens is 1. The van der Waals surface area contributed by atoms with E-state index in [1.54, 1.807) is 0 Å². The first-order valence-corrected chi connectivity index (χ1v) is 14.3. The van der Waals surface area contributed by atoms with Crippen molar-refractivity contribution in [2.75, 3.05) is 5.75 Å². The molecular weight excluding hydrogens is 449 g/mol. The van der Waals surface area contributed by atoms with Crippen LogP contribution in [0.15, 0.2) is 30.3 Å². The Hall–Kier alpha value is -1.71. The van der Waals surface area contributed by atoms with Gasteiger partial charge >= 0.3 is 0 Å². The zero-order valence-electron chi connectivity index (χ0n) is 20.9. The molecule has 0 amide bonds. The number of ketones is 1. The number of terminal acetylenes is 1. The summed E-state index contributed by atoms with van der Waals surface area (Å²) in [7, 11) is -3.98. The molecule has 2 aliphatic carbocycles. The summed E-state index contributed by atoms with van der Waals surface area (Å²) in [5.41, 5.74) is -0.504. The third-order valence-corrected chi connectivity index (χ3v) is 10.5. The molecule has 6 heteroatoms. The molecule has 2 fully saturated rings. The minimum atomic E-state index is -3.98. The van der Waals surface area contributed by atoms with Crippen molar-refractivity contribution < 1.29 is 17.6 Å². The maximum atomic E-state index is 15.6. The number of sulfonamides is 1. The van der Waals surface area contributed by atoms with Crippen molar-refractivity contribution in [1.29, 1.82) is 0 Å². The van der Waals surface area contributed by atoms with E-state index < -0.39 is 27.7 Å². The lowest BCUT2D eigenvalue weighted by Gasteiger charge is -2.39. The Labute approximate surface area is 205 Å². The molecule has 0 aromatic heterocycles. The van der Waals surface area contributed by atoms with Crippen molar-refractivity contribution >= 4 is 15.8 Å². The zero-order chi connectivity index (χ0) is 25.0. The first kappa shape index (κ1) is 26.9. The Kier molecular flexibility index (Phi) is 8.63. The highest BCUT2D eigenvalue weighted by molar-refractivity contribution is 7.89. The van der Waals surface area contributed by atoms with Gasteiger partial charge in [-0.3, -0.25) is 4.79 Å². The van der Waals surface area contributed by atoms with E-state index in [0.717, 1.165) is 31.2 Å². The minimum absolute atomic E-state index is 0.00791. The number of hydrogen-bond acceptors (Lipinski definition) is 3. The number of nitrogens with zero attached hydrogens (tertiary/aromatic N) is 1. The van der Waals surface area contributed by atoms with Crippen molar-refractivity contribution in [3.8, 4) is 12.3 Å². The molecule has 2 saturated carbocycles. The molecule has 3 rings (SSSR count). The Morgan fingerprint density at radius 1 is 1.21 bits per heavy atom. The summed E-state index contributed by atoms with van der Waals surface area (Å²) in [5.74, 6) is 2.52. The lowest BCUT2D eigenvalue weighted by atomic mass is 9.70. The van der Waals surface area contributed by atoms with Gasteiger partial charge in [-0.1, -0.05) is 76.8 Å². The van der Waals surface area contributed by atoms with Crippen molar-refractivity contribution in [2.24, 2.45) is 16.7 Å². The third-order valence-electron chi connectivity index (χ3n) is 8.55. The highest BCUT2D eigenvalue weighted by Gasteiger charge is 2.65. The van der Waals surface area contributed by atoms with Crippen molar-refractivity contribution in [3.05, 3.63) is 35.9 Å². The Balaban J connectivity index is 1.93. The Morgan fingerprint density at radius 2 is 1.91 bits per heavy atom. The summed E-state index contributed by atoms with van der Waals surface area (Å²) in [6, 6.07) is 8.31. The zero-order valence-corrected chi connectivity index (χ0v) is 21.7. The summed E-state index contributed by atoms with van der Waals surface area (Å²) in [6.45, 7) is 6.20. The standard InChI is InChI=1S/C28H40FNO3S/c1-5-7-8-12-16-24(29)25(13-6-2)30(20-22-14-10-9-11-15-22)34(32,33)21-28-18-17-23(19-26(28)31)27(28,3)4/h2,9-11,14-15,23-25H,5,7-8,12-13,16-21H2,1,3-4H3/t23-,24+,25-,28-/m1/s1. The quantitative estimate of drug-likeness (QED) is 0.255. The summed E-state index contributed by atoms with van der Waals surface area (Å²) >= 11 is 0. The molecule has 0 heterocycles. The molecule has 4 nitrogen and oxygen atoms in total. The summed E-state index contributed by atoms with van der Waals surface area (Å²) in [5, 5.41) is 0. The number of hydrogen-bond donors (Lipinski definition) is 0. The number of carbonyl (C=O) groups is 1. The molecule has 1 aromatic carbocycles. The average molecular weight is 490 g/mol. The molecule has 0 unspecified atom stereocenters. The van der Waals surface area contributed by atoms with Gasteiger partial charge < -0.3 is 0 Å². The molecule has 0 saturated heterocycles. The van der Waals surface area contributed by atoms with Crippen LogP contribution in [-0.4, -0.2) is 36.5 Å². The van der Waals surface area contributed by atoms with E-state index >= 15 is 4.39 Å². The first-order valence-electron chi connectivity index (χ1n) is 12.7. The molecule has 1 aromatic rings. The fourth-order valence-corrected chi connectivity index (χ4v) is 8.61. The third kappa shape index (κ3) is 5.26. The molecule has 34 heavy (non-hydrogen) atoms. The van der Waals surface area contributed by atoms with E-state index in [2.05, 4.69) is 12.8 Å². The molecule has 0 radical (unpaired) electrons. The molecule has 188 valence electrons. The van der Waals surface area contributed by atoms with Crippen LogP contribution >= 0.6 is 0 Å². The van der Waals surface area contributed by atoms with E-state index in [0.29, 0.717) is 19.3 Å². The van der Waals surface area contributed by atoms with Gasteiger partial charge in [0.25, 0.3) is 0 Å². The van der Waals surface area contributed by atoms with E-state index in [9.17, 15) is 13.2 Å². The number of alkyl halides is 1. The fraction of sp³-hybridized carbons (Fsp3) is 0.679. The maximum absolute atomic E-state index is 15.6. The molecule has 2 aliphatic rings. The smallest absolute Gasteiger partial charge is 0.215 e. The number of rotatable bonds is 13. The number of fused-ring (bicyclic) bond motifs is 2. The van der Waals surface area contributed by atoms with Crippen molar-refractivity contribution in [2.45, 2.75) is 97.3 Å². The van der Waals surface area contributed by atoms with Gasteiger partial charge in [0.1, 0.15) is 12.0 Å². The van der Waals surface area contributed by atoms with Crippen LogP contribution in [0.25, 0.3) is 0 Å². The average Bonchev–Trinajstić information content (AvgIpc) is 3.13. The lowest BCUT2D eigenvalue weighted by Crippen LogP contribution is -2.51. The van der Waals surface area contributed by atoms with Crippen LogP contribution in [0, 0.1) is 29.1 Å². The predicted octanol–water partition coefficient (Wildman–Crippen LogP) is 5.91. The molecule has 0 spiro atoms. The van der Waals surface area contributed by atoms with Gasteiger partial charge in [0.05, 0.1) is 11.8 Å². The Morgan fingerprint density at radius 3 is 2.47 bits per heavy atom. The summed E-state index contributed by atoms with van der Waals surface area (Å²) in [6.07, 6.45) is 10.1. The van der Waals surface area contributed by atoms with Crippen LogP contribution in [0.1, 0.15) is 84.1 Å². The van der Waals surface area contributed by atoms with Gasteiger partial charge in [0, 0.05) is 24.8 Å². The van der Waals surface area contributed by atoms with Crippen LogP contribution < -0.4 is 0 Å². The first-order chi connectivity index (χ1) is 16.1. The number of carbonyl (C=O) groups excluding carboxylic acids is 1. The largest absolute Gasteiger partial charge is 0.299 e. The van der Waals surface area contributed by atoms with E-state index in [4.69, 9.17) is 6.42 Å². The fourth-order valence-electron chi connectivity index (χ4n) is 6.18. The molecule has 0 aliphatic heterocycles. The van der Waals surface area contributed by atoms with Gasteiger partial charge in [0.15, 0.2) is 0 Å². The van der Waals surface area contributed by atoms with Crippen molar-refractivity contribution in [3.63, 3.8) is 0 Å². The van der Waals surface area contributed by atoms with Gasteiger partial charge in [-0.15, -0.1) is 12.3 Å². The van der Waals surface area contributed by atoms with Gasteiger partial charge in [-0.25, -0.2) is 12.8 Å². The molecule has 0 N–H and O–H groups in total. The van der Waals surface area contributed by atoms with Crippen LogP contribution in [0.4, 0.5) is 4.39 Å². The second kappa shape index (κ2) is 10.9. The Bertz CT molecular complexity index is 985. The SMILES string of the molecule is C#CC[C@H]([C@@H](F)CCCCCC)N(Cc1ccccc1)S(=O)(=O)C[C@]12CC[C@H](CC1=O)C2(C)C. The van der Waals surface area contributed by atoms with Crippen molar-refractivity contribution in [1.82, 2.24) is 4.31 Å². The summed E-state index contributed by atoms with van der Waals surface area (Å²) < 4.78 is 45.0. The van der Waals surface area contributed by atoms with Gasteiger partial charge in [-0.05, 0) is 36.2 Å². The van der Waals surface area contributed by atoms with E-state index in [-0.39, 0.29) is 42.3 Å². The normalized spacial score (nSPS) is 25.4. The number of unbranched alkanes of at least 4 members (excludes halogenated alkanes) is 3. The lowest BCUT2D eigenvalue weighted by molar-refractivity contribution is -0.128. The predicted molar refractivity (Wildman–Crippen MR) is 135 cm³/mol. The molecular formula is C28H40FNO3S. The minimum Gasteiger partial charge on any atom is -0.299 e. The van der Waals surface area contributed by atoms with Crippen LogP contribution in [0.5, 0.6) is 0 Å². The maximum Gasteiger partial charge on any atom is 0.215 e. The van der Waals surface area contributed by atoms with E-state index in [1.807, 2.05) is 44.2 Å². The van der Waals surface area contributed by atoms with Crippen LogP contribution in [0.3, 0.4) is 0 Å². The van der Waals surface area contributed by atoms with Crippen LogP contribution in [-0.2, 0) is 21.4 Å². The molecule has 2 bridgehead atoms. The molecule has 4 atom stereocenters. The van der Waals surface area contributed by atoms with Crippen LogP contribution in [0.2, 0.25) is 0 Å². The van der Waals surface area contributed by atoms with Gasteiger partial charge in [0.2, 0.25) is 10.0 Å². The monoisotopic (exact) mass is 489 g/mol. The summed E-state index contributed by atoms with van der Waals surface area (Å²) in [4.78, 5) is 13.1. The number of Topliss-reactive ketones (excluding diaryl/α,β-unsaturated/α-hetero) is 1. The topological polar surface area (TPSA) is 54.5 Å². The second-order valence-corrected chi connectivity index (χ2v) is 12.7. The second-order valence-electron chi connectivity index (χ2n) is 10.8. The highest BCUT2D eigenvalue weighted by atomic mass is 32.2.